The summed E-state index contributed by atoms with van der Waals surface area (Å²) in [6, 6.07) is 6.37. The quantitative estimate of drug-likeness (QED) is 0.116. The van der Waals surface area contributed by atoms with Crippen LogP contribution in [0.2, 0.25) is 0 Å². The van der Waals surface area contributed by atoms with Gasteiger partial charge < -0.3 is 18.6 Å². The van der Waals surface area contributed by atoms with E-state index < -0.39 is 79.2 Å². The highest BCUT2D eigenvalue weighted by Gasteiger charge is 2.36. The Bertz CT molecular complexity index is 1890. The van der Waals surface area contributed by atoms with Crippen LogP contribution in [-0.2, 0) is 21.0 Å². The van der Waals surface area contributed by atoms with Crippen molar-refractivity contribution in [3.05, 3.63) is 93.8 Å². The maximum Gasteiger partial charge on any atom is 0.416 e. The molecule has 2 aliphatic heterocycles. The minimum absolute atomic E-state index is 0.0222. The summed E-state index contributed by atoms with van der Waals surface area (Å²) in [5.74, 6) is -15.0. The topological polar surface area (TPSA) is 82.1 Å². The predicted molar refractivity (Wildman–Crippen MR) is 154 cm³/mol. The number of nitrogens with zero attached hydrogens (tertiary/aromatic N) is 1. The van der Waals surface area contributed by atoms with E-state index in [1.807, 2.05) is 0 Å². The average molecular weight is 706 g/mol. The van der Waals surface area contributed by atoms with Gasteiger partial charge in [0, 0.05) is 30.6 Å². The molecular weight excluding hydrogens is 678 g/mol. The van der Waals surface area contributed by atoms with Crippen LogP contribution in [0, 0.1) is 29.1 Å². The van der Waals surface area contributed by atoms with Crippen LogP contribution in [0.25, 0.3) is 5.57 Å². The van der Waals surface area contributed by atoms with Crippen LogP contribution >= 0.6 is 0 Å². The van der Waals surface area contributed by atoms with Gasteiger partial charge in [0.25, 0.3) is 0 Å². The summed E-state index contributed by atoms with van der Waals surface area (Å²) in [6.07, 6.45) is -3.14. The first kappa shape index (κ1) is 35.0. The number of amides is 1. The molecule has 2 aliphatic rings. The van der Waals surface area contributed by atoms with Crippen LogP contribution in [0.15, 0.2) is 47.4 Å². The second kappa shape index (κ2) is 12.6. The van der Waals surface area contributed by atoms with Gasteiger partial charge in [-0.1, -0.05) is 18.2 Å². The molecule has 1 unspecified atom stereocenters. The fourth-order valence-corrected chi connectivity index (χ4v) is 6.33. The monoisotopic (exact) mass is 705 g/mol. The highest BCUT2D eigenvalue weighted by molar-refractivity contribution is 7.87. The van der Waals surface area contributed by atoms with Crippen molar-refractivity contribution < 1.29 is 62.0 Å². The molecule has 0 saturated carbocycles. The van der Waals surface area contributed by atoms with Gasteiger partial charge in [-0.15, -0.1) is 0 Å². The number of carbonyl (C=O) groups excluding carboxylic acids is 1. The number of fused-ring (bicyclic) bond motifs is 1. The van der Waals surface area contributed by atoms with E-state index in [-0.39, 0.29) is 43.9 Å². The Morgan fingerprint density at radius 1 is 0.896 bits per heavy atom. The number of hydrogen-bond acceptors (Lipinski definition) is 6. The van der Waals surface area contributed by atoms with E-state index in [1.165, 1.54) is 17.0 Å². The molecule has 0 aliphatic carbocycles. The Labute approximate surface area is 269 Å². The van der Waals surface area contributed by atoms with E-state index in [0.29, 0.717) is 16.7 Å². The van der Waals surface area contributed by atoms with Crippen molar-refractivity contribution in [1.29, 1.82) is 0 Å². The molecule has 7 nitrogen and oxygen atoms in total. The van der Waals surface area contributed by atoms with Crippen molar-refractivity contribution in [3.63, 3.8) is 0 Å². The molecule has 3 aromatic carbocycles. The molecule has 0 saturated heterocycles. The molecule has 48 heavy (non-hydrogen) atoms. The van der Waals surface area contributed by atoms with Gasteiger partial charge in [0.05, 0.1) is 12.2 Å². The van der Waals surface area contributed by atoms with Gasteiger partial charge in [-0.25, -0.2) is 18.0 Å². The summed E-state index contributed by atoms with van der Waals surface area (Å²) in [4.78, 5) is 13.2. The van der Waals surface area contributed by atoms with Gasteiger partial charge in [0.1, 0.15) is 16.2 Å². The summed E-state index contributed by atoms with van der Waals surface area (Å²) in [5, 5.41) is 0. The highest BCUT2D eigenvalue weighted by atomic mass is 32.2. The Kier molecular flexibility index (Phi) is 9.18. The first-order valence-electron chi connectivity index (χ1n) is 14.4. The maximum atomic E-state index is 14.1. The van der Waals surface area contributed by atoms with Crippen LogP contribution in [0.3, 0.4) is 0 Å². The van der Waals surface area contributed by atoms with E-state index in [2.05, 4.69) is 4.18 Å². The fourth-order valence-electron chi connectivity index (χ4n) is 5.38. The standard InChI is InChI=1S/C32H27F8NO6S/c1-31(2,3)46-30(42)41-11-8-16(9-12-41)22-14-17(32(38,39)40)4-6-19(22)20-10-13-45-23-15-18(5-7-21(20)23)48(43,44)47-29-27(36)25(34)24(33)26(35)28(29)37/h4-8,14-15,20H,9-13H2,1-3H3. The van der Waals surface area contributed by atoms with Crippen LogP contribution in [-0.4, -0.2) is 44.7 Å². The third kappa shape index (κ3) is 6.93. The maximum absolute atomic E-state index is 14.1. The first-order chi connectivity index (χ1) is 22.3. The Morgan fingerprint density at radius 3 is 2.10 bits per heavy atom. The van der Waals surface area contributed by atoms with Gasteiger partial charge in [-0.2, -0.15) is 30.4 Å². The van der Waals surface area contributed by atoms with E-state index in [0.717, 1.165) is 24.3 Å². The lowest BCUT2D eigenvalue weighted by atomic mass is 9.81. The zero-order valence-electron chi connectivity index (χ0n) is 25.5. The molecule has 1 amide bonds. The molecule has 3 aromatic rings. The smallest absolute Gasteiger partial charge is 0.416 e. The molecule has 0 N–H and O–H groups in total. The predicted octanol–water partition coefficient (Wildman–Crippen LogP) is 8.11. The summed E-state index contributed by atoms with van der Waals surface area (Å²) in [7, 11) is -5.18. The zero-order valence-corrected chi connectivity index (χ0v) is 26.3. The molecule has 16 heteroatoms. The molecule has 5 rings (SSSR count). The number of halogens is 8. The lowest BCUT2D eigenvalue weighted by molar-refractivity contribution is -0.137. The third-order valence-electron chi connectivity index (χ3n) is 7.64. The average Bonchev–Trinajstić information content (AvgIpc) is 3.03. The second-order valence-corrected chi connectivity index (χ2v) is 13.6. The van der Waals surface area contributed by atoms with Crippen molar-refractivity contribution in [2.24, 2.45) is 0 Å². The minimum atomic E-state index is -5.18. The van der Waals surface area contributed by atoms with E-state index in [9.17, 15) is 48.3 Å². The molecule has 258 valence electrons. The largest absolute Gasteiger partial charge is 0.493 e. The highest BCUT2D eigenvalue weighted by Crippen LogP contribution is 2.44. The summed E-state index contributed by atoms with van der Waals surface area (Å²) >= 11 is 0. The SMILES string of the molecule is CC(C)(C)OC(=O)N1CC=C(c2cc(C(F)(F)F)ccc2C2CCOc3cc(S(=O)(=O)Oc4c(F)c(F)c(F)c(F)c4F)ccc32)CC1. The van der Waals surface area contributed by atoms with Gasteiger partial charge >= 0.3 is 22.4 Å². The van der Waals surface area contributed by atoms with E-state index in [4.69, 9.17) is 9.47 Å². The van der Waals surface area contributed by atoms with Gasteiger partial charge in [-0.05, 0) is 68.5 Å². The normalized spacial score (nSPS) is 16.9. The third-order valence-corrected chi connectivity index (χ3v) is 8.86. The van der Waals surface area contributed by atoms with Gasteiger partial charge in [0.2, 0.25) is 34.8 Å². The van der Waals surface area contributed by atoms with Gasteiger partial charge in [0.15, 0.2) is 0 Å². The zero-order chi connectivity index (χ0) is 35.3. The number of hydrogen-bond donors (Lipinski definition) is 0. The van der Waals surface area contributed by atoms with Crippen LogP contribution in [0.5, 0.6) is 11.5 Å². The molecule has 0 bridgehead atoms. The van der Waals surface area contributed by atoms with Gasteiger partial charge in [-0.3, -0.25) is 0 Å². The van der Waals surface area contributed by atoms with Crippen molar-refractivity contribution in [3.8, 4) is 11.5 Å². The second-order valence-electron chi connectivity index (χ2n) is 12.0. The van der Waals surface area contributed by atoms with Crippen LogP contribution in [0.4, 0.5) is 39.9 Å². The Morgan fingerprint density at radius 2 is 1.52 bits per heavy atom. The van der Waals surface area contributed by atoms with Crippen molar-refractivity contribution in [1.82, 2.24) is 4.90 Å². The fraction of sp³-hybridized carbons (Fsp3) is 0.344. The van der Waals surface area contributed by atoms with Crippen molar-refractivity contribution in [2.75, 3.05) is 19.7 Å². The summed E-state index contributed by atoms with van der Waals surface area (Å²) in [5.41, 5.74) is -0.0461. The molecule has 0 spiro atoms. The molecule has 0 radical (unpaired) electrons. The molecule has 1 atom stereocenters. The lowest BCUT2D eigenvalue weighted by Crippen LogP contribution is -2.39. The van der Waals surface area contributed by atoms with E-state index in [1.54, 1.807) is 26.8 Å². The Hall–Kier alpha value is -4.34. The number of benzene rings is 3. The van der Waals surface area contributed by atoms with Crippen LogP contribution < -0.4 is 8.92 Å². The number of carbonyl (C=O) groups is 1. The molecule has 2 heterocycles. The van der Waals surface area contributed by atoms with Crippen molar-refractivity contribution in [2.45, 2.75) is 56.2 Å². The number of alkyl halides is 3. The Balaban J connectivity index is 1.50. The van der Waals surface area contributed by atoms with Crippen LogP contribution in [0.1, 0.15) is 61.8 Å². The summed E-state index contributed by atoms with van der Waals surface area (Å²) in [6.45, 7) is 5.34. The lowest BCUT2D eigenvalue weighted by Gasteiger charge is -2.32. The van der Waals surface area contributed by atoms with Crippen molar-refractivity contribution >= 4 is 21.8 Å². The molecule has 0 aromatic heterocycles. The van der Waals surface area contributed by atoms with E-state index >= 15 is 0 Å². The first-order valence-corrected chi connectivity index (χ1v) is 15.8. The minimum Gasteiger partial charge on any atom is -0.493 e. The number of rotatable bonds is 5. The number of ether oxygens (including phenoxy) is 2. The molecule has 0 fully saturated rings. The molecular formula is C32H27F8NO6S. The summed E-state index contributed by atoms with van der Waals surface area (Å²) < 4.78 is 152.